The molecule has 2 atom stereocenters. The van der Waals surface area contributed by atoms with Gasteiger partial charge >= 0.3 is 5.97 Å². The zero-order chi connectivity index (χ0) is 22.7. The van der Waals surface area contributed by atoms with Crippen LogP contribution in [-0.4, -0.2) is 29.5 Å². The van der Waals surface area contributed by atoms with Crippen molar-refractivity contribution in [2.75, 3.05) is 16.8 Å². The van der Waals surface area contributed by atoms with Gasteiger partial charge in [0.15, 0.2) is 0 Å². The molecule has 6 heteroatoms. The summed E-state index contributed by atoms with van der Waals surface area (Å²) in [5.41, 5.74) is 4.50. The van der Waals surface area contributed by atoms with Crippen LogP contribution < -0.4 is 10.2 Å². The van der Waals surface area contributed by atoms with E-state index in [1.807, 2.05) is 47.4 Å². The number of benzene rings is 2. The highest BCUT2D eigenvalue weighted by molar-refractivity contribution is 5.94. The van der Waals surface area contributed by atoms with Gasteiger partial charge in [0.25, 0.3) is 0 Å². The number of ether oxygens (including phenoxy) is 1. The standard InChI is InChI=1S/C26H27N3O3/c1-4-32-26(31)20-10-8-19(9-11-20)21-12-13-24-22(16-21)23(15-17(2)29(24)18(3)30)28-25-7-5-6-14-27-25/h5-14,16-17,23H,4,15H2,1-3H3,(H,27,28)/t17-,23+/m0/s1. The minimum Gasteiger partial charge on any atom is -0.462 e. The van der Waals surface area contributed by atoms with E-state index in [2.05, 4.69) is 23.3 Å². The fourth-order valence-corrected chi connectivity index (χ4v) is 4.30. The number of pyridine rings is 1. The maximum atomic E-state index is 12.4. The third-order valence-corrected chi connectivity index (χ3v) is 5.74. The topological polar surface area (TPSA) is 71.5 Å². The first-order valence-electron chi connectivity index (χ1n) is 10.9. The van der Waals surface area contributed by atoms with Gasteiger partial charge in [0.2, 0.25) is 5.91 Å². The average Bonchev–Trinajstić information content (AvgIpc) is 2.79. The summed E-state index contributed by atoms with van der Waals surface area (Å²) in [5.74, 6) is 0.507. The molecule has 4 rings (SSSR count). The Hall–Kier alpha value is -3.67. The fraction of sp³-hybridized carbons (Fsp3) is 0.269. The molecule has 0 spiro atoms. The summed E-state index contributed by atoms with van der Waals surface area (Å²) in [6.45, 7) is 5.81. The predicted molar refractivity (Wildman–Crippen MR) is 126 cm³/mol. The zero-order valence-corrected chi connectivity index (χ0v) is 18.5. The molecule has 1 aromatic heterocycles. The van der Waals surface area contributed by atoms with Crippen LogP contribution in [-0.2, 0) is 9.53 Å². The van der Waals surface area contributed by atoms with E-state index >= 15 is 0 Å². The van der Waals surface area contributed by atoms with Crippen LogP contribution in [0.1, 0.15) is 49.2 Å². The summed E-state index contributed by atoms with van der Waals surface area (Å²) in [6.07, 6.45) is 2.54. The highest BCUT2D eigenvalue weighted by atomic mass is 16.5. The smallest absolute Gasteiger partial charge is 0.338 e. The summed E-state index contributed by atoms with van der Waals surface area (Å²) in [5, 5.41) is 3.53. The number of nitrogens with zero attached hydrogens (tertiary/aromatic N) is 2. The lowest BCUT2D eigenvalue weighted by atomic mass is 9.89. The highest BCUT2D eigenvalue weighted by Crippen LogP contribution is 2.41. The summed E-state index contributed by atoms with van der Waals surface area (Å²) >= 11 is 0. The maximum Gasteiger partial charge on any atom is 0.338 e. The van der Waals surface area contributed by atoms with Crippen LogP contribution in [0, 0.1) is 0 Å². The molecule has 0 bridgehead atoms. The van der Waals surface area contributed by atoms with E-state index in [0.29, 0.717) is 12.2 Å². The third-order valence-electron chi connectivity index (χ3n) is 5.74. The number of amides is 1. The molecule has 164 valence electrons. The Morgan fingerprint density at radius 1 is 1.09 bits per heavy atom. The van der Waals surface area contributed by atoms with Gasteiger partial charge in [0.05, 0.1) is 18.2 Å². The van der Waals surface area contributed by atoms with E-state index in [-0.39, 0.29) is 24.0 Å². The molecule has 2 aromatic carbocycles. The molecule has 0 saturated heterocycles. The number of nitrogens with one attached hydrogen (secondary N) is 1. The zero-order valence-electron chi connectivity index (χ0n) is 18.5. The quantitative estimate of drug-likeness (QED) is 0.563. The van der Waals surface area contributed by atoms with Crippen LogP contribution in [0.3, 0.4) is 0 Å². The number of fused-ring (bicyclic) bond motifs is 1. The molecule has 1 aliphatic rings. The lowest BCUT2D eigenvalue weighted by molar-refractivity contribution is -0.117. The first-order chi connectivity index (χ1) is 15.5. The van der Waals surface area contributed by atoms with Gasteiger partial charge in [-0.25, -0.2) is 9.78 Å². The van der Waals surface area contributed by atoms with Gasteiger partial charge in [-0.05, 0) is 73.4 Å². The Kier molecular flexibility index (Phi) is 6.21. The molecule has 1 N–H and O–H groups in total. The van der Waals surface area contributed by atoms with Gasteiger partial charge in [-0.3, -0.25) is 4.79 Å². The molecule has 0 aliphatic carbocycles. The lowest BCUT2D eigenvalue weighted by Crippen LogP contribution is -2.43. The molecule has 1 aliphatic heterocycles. The Labute approximate surface area is 188 Å². The number of anilines is 2. The van der Waals surface area contributed by atoms with Crippen molar-refractivity contribution in [1.82, 2.24) is 4.98 Å². The maximum absolute atomic E-state index is 12.4. The first kappa shape index (κ1) is 21.6. The second-order valence-corrected chi connectivity index (χ2v) is 7.96. The number of carbonyl (C=O) groups excluding carboxylic acids is 2. The number of hydrogen-bond donors (Lipinski definition) is 1. The molecule has 0 unspecified atom stereocenters. The first-order valence-corrected chi connectivity index (χ1v) is 10.9. The van der Waals surface area contributed by atoms with Crippen LogP contribution in [0.15, 0.2) is 66.9 Å². The molecular weight excluding hydrogens is 402 g/mol. The van der Waals surface area contributed by atoms with Gasteiger partial charge in [-0.2, -0.15) is 0 Å². The van der Waals surface area contributed by atoms with Crippen molar-refractivity contribution in [2.45, 2.75) is 39.3 Å². The Bertz CT molecular complexity index is 1110. The van der Waals surface area contributed by atoms with Gasteiger partial charge < -0.3 is 15.0 Å². The summed E-state index contributed by atoms with van der Waals surface area (Å²) in [6, 6.07) is 19.4. The molecule has 6 nitrogen and oxygen atoms in total. The van der Waals surface area contributed by atoms with Crippen molar-refractivity contribution >= 4 is 23.4 Å². The molecule has 0 radical (unpaired) electrons. The fourth-order valence-electron chi connectivity index (χ4n) is 4.30. The Morgan fingerprint density at radius 3 is 2.50 bits per heavy atom. The number of carbonyl (C=O) groups is 2. The molecule has 3 aromatic rings. The van der Waals surface area contributed by atoms with E-state index in [4.69, 9.17) is 4.74 Å². The summed E-state index contributed by atoms with van der Waals surface area (Å²) in [4.78, 5) is 30.6. The minimum atomic E-state index is -0.324. The molecular formula is C26H27N3O3. The molecule has 2 heterocycles. The Morgan fingerprint density at radius 2 is 1.84 bits per heavy atom. The minimum absolute atomic E-state index is 0.0178. The van der Waals surface area contributed by atoms with E-state index in [1.54, 1.807) is 32.2 Å². The van der Waals surface area contributed by atoms with Crippen LogP contribution in [0.2, 0.25) is 0 Å². The SMILES string of the molecule is CCOC(=O)c1ccc(-c2ccc3c(c2)[C@H](Nc2ccccn2)C[C@H](C)N3C(C)=O)cc1. The number of aromatic nitrogens is 1. The number of rotatable bonds is 5. The summed E-state index contributed by atoms with van der Waals surface area (Å²) in [7, 11) is 0. The van der Waals surface area contributed by atoms with Crippen molar-refractivity contribution in [3.8, 4) is 11.1 Å². The van der Waals surface area contributed by atoms with Crippen LogP contribution >= 0.6 is 0 Å². The number of esters is 1. The van der Waals surface area contributed by atoms with E-state index in [1.165, 1.54) is 0 Å². The monoisotopic (exact) mass is 429 g/mol. The van der Waals surface area contributed by atoms with Crippen LogP contribution in [0.4, 0.5) is 11.5 Å². The molecule has 1 amide bonds. The van der Waals surface area contributed by atoms with Gasteiger partial charge in [-0.15, -0.1) is 0 Å². The Balaban J connectivity index is 1.71. The van der Waals surface area contributed by atoms with Crippen LogP contribution in [0.25, 0.3) is 11.1 Å². The largest absolute Gasteiger partial charge is 0.462 e. The van der Waals surface area contributed by atoms with E-state index < -0.39 is 0 Å². The van der Waals surface area contributed by atoms with Crippen molar-refractivity contribution < 1.29 is 14.3 Å². The third kappa shape index (κ3) is 4.35. The second-order valence-electron chi connectivity index (χ2n) is 7.96. The van der Waals surface area contributed by atoms with Gasteiger partial charge in [0.1, 0.15) is 5.82 Å². The van der Waals surface area contributed by atoms with Gasteiger partial charge in [-0.1, -0.05) is 24.3 Å². The second kappa shape index (κ2) is 9.22. The van der Waals surface area contributed by atoms with Crippen LogP contribution in [0.5, 0.6) is 0 Å². The average molecular weight is 430 g/mol. The number of hydrogen-bond acceptors (Lipinski definition) is 5. The highest BCUT2D eigenvalue weighted by Gasteiger charge is 2.32. The normalized spacial score (nSPS) is 17.4. The lowest BCUT2D eigenvalue weighted by Gasteiger charge is -2.39. The van der Waals surface area contributed by atoms with Gasteiger partial charge in [0, 0.05) is 24.8 Å². The predicted octanol–water partition coefficient (Wildman–Crippen LogP) is 5.22. The van der Waals surface area contributed by atoms with E-state index in [0.717, 1.165) is 34.6 Å². The van der Waals surface area contributed by atoms with E-state index in [9.17, 15) is 9.59 Å². The molecule has 0 saturated carbocycles. The van der Waals surface area contributed by atoms with Crippen molar-refractivity contribution in [3.05, 3.63) is 78.0 Å². The van der Waals surface area contributed by atoms with Crippen molar-refractivity contribution in [3.63, 3.8) is 0 Å². The molecule has 0 fully saturated rings. The summed E-state index contributed by atoms with van der Waals surface area (Å²) < 4.78 is 5.07. The van der Waals surface area contributed by atoms with Crippen molar-refractivity contribution in [1.29, 1.82) is 0 Å². The van der Waals surface area contributed by atoms with Crippen molar-refractivity contribution in [2.24, 2.45) is 0 Å². The molecule has 32 heavy (non-hydrogen) atoms.